The summed E-state index contributed by atoms with van der Waals surface area (Å²) in [5.74, 6) is 0.145. The summed E-state index contributed by atoms with van der Waals surface area (Å²) in [6.07, 6.45) is -0.656. The molecule has 2 aromatic rings. The van der Waals surface area contributed by atoms with Crippen LogP contribution in [0.3, 0.4) is 0 Å². The molecule has 0 aliphatic heterocycles. The molecule has 0 aliphatic carbocycles. The first-order valence-electron chi connectivity index (χ1n) is 7.85. The molecule has 2 aromatic carbocycles. The maximum atomic E-state index is 12.3. The standard InChI is InChI=1S/C19H23NO4/c1-19(2,12-13-21)17(14-8-10-16(22)11-9-14)24-18(23)20-15-6-4-3-5-7-15/h3-11,17,21-22H,12-13H2,1-2H3,(H,20,23)/t17-/m0/s1. The number of hydrogen-bond donors (Lipinski definition) is 3. The first kappa shape index (κ1) is 17.8. The third-order valence-corrected chi connectivity index (χ3v) is 3.91. The third-order valence-electron chi connectivity index (χ3n) is 3.91. The van der Waals surface area contributed by atoms with Gasteiger partial charge in [0, 0.05) is 17.7 Å². The van der Waals surface area contributed by atoms with Gasteiger partial charge in [-0.05, 0) is 36.2 Å². The SMILES string of the molecule is CC(C)(CCO)[C@@H](OC(=O)Nc1ccccc1)c1ccc(O)cc1. The number of anilines is 1. The number of phenols is 1. The molecule has 0 heterocycles. The summed E-state index contributed by atoms with van der Waals surface area (Å²) in [6.45, 7) is 3.85. The van der Waals surface area contributed by atoms with E-state index in [1.54, 1.807) is 36.4 Å². The molecule has 24 heavy (non-hydrogen) atoms. The van der Waals surface area contributed by atoms with Crippen LogP contribution >= 0.6 is 0 Å². The van der Waals surface area contributed by atoms with Crippen molar-refractivity contribution in [1.82, 2.24) is 0 Å². The number of nitrogens with one attached hydrogen (secondary N) is 1. The minimum absolute atomic E-state index is 0.00868. The van der Waals surface area contributed by atoms with Crippen LogP contribution in [0.1, 0.15) is 31.9 Å². The van der Waals surface area contributed by atoms with Crippen molar-refractivity contribution in [3.63, 3.8) is 0 Å². The number of carbonyl (C=O) groups is 1. The number of para-hydroxylation sites is 1. The lowest BCUT2D eigenvalue weighted by Gasteiger charge is -2.33. The minimum atomic E-state index is -0.565. The molecule has 5 nitrogen and oxygen atoms in total. The molecular weight excluding hydrogens is 306 g/mol. The van der Waals surface area contributed by atoms with E-state index >= 15 is 0 Å². The normalized spacial score (nSPS) is 12.5. The van der Waals surface area contributed by atoms with Crippen LogP contribution < -0.4 is 5.32 Å². The second-order valence-electron chi connectivity index (χ2n) is 6.33. The van der Waals surface area contributed by atoms with Crippen LogP contribution in [0, 0.1) is 5.41 Å². The zero-order valence-electron chi connectivity index (χ0n) is 13.9. The molecule has 2 rings (SSSR count). The fourth-order valence-corrected chi connectivity index (χ4v) is 2.52. The number of aromatic hydroxyl groups is 1. The Morgan fingerprint density at radius 1 is 1.12 bits per heavy atom. The van der Waals surface area contributed by atoms with Gasteiger partial charge in [-0.15, -0.1) is 0 Å². The largest absolute Gasteiger partial charge is 0.508 e. The molecule has 5 heteroatoms. The van der Waals surface area contributed by atoms with E-state index in [9.17, 15) is 15.0 Å². The van der Waals surface area contributed by atoms with Gasteiger partial charge in [0.05, 0.1) is 0 Å². The Bertz CT molecular complexity index is 653. The summed E-state index contributed by atoms with van der Waals surface area (Å²) in [5, 5.41) is 21.5. The van der Waals surface area contributed by atoms with Crippen molar-refractivity contribution in [1.29, 1.82) is 0 Å². The zero-order valence-corrected chi connectivity index (χ0v) is 13.9. The van der Waals surface area contributed by atoms with E-state index in [4.69, 9.17) is 4.74 Å². The van der Waals surface area contributed by atoms with Gasteiger partial charge < -0.3 is 14.9 Å². The van der Waals surface area contributed by atoms with Gasteiger partial charge in [0.1, 0.15) is 11.9 Å². The number of rotatable bonds is 6. The van der Waals surface area contributed by atoms with E-state index in [0.29, 0.717) is 12.1 Å². The van der Waals surface area contributed by atoms with Crippen LogP contribution in [0.5, 0.6) is 5.75 Å². The first-order chi connectivity index (χ1) is 11.4. The summed E-state index contributed by atoms with van der Waals surface area (Å²) in [4.78, 5) is 12.3. The molecule has 3 N–H and O–H groups in total. The molecule has 0 radical (unpaired) electrons. The predicted octanol–water partition coefficient (Wildman–Crippen LogP) is 4.09. The Morgan fingerprint density at radius 2 is 1.75 bits per heavy atom. The van der Waals surface area contributed by atoms with E-state index in [-0.39, 0.29) is 12.4 Å². The number of benzene rings is 2. The number of ether oxygens (including phenoxy) is 1. The van der Waals surface area contributed by atoms with Gasteiger partial charge in [0.25, 0.3) is 0 Å². The van der Waals surface area contributed by atoms with Crippen LogP contribution in [-0.4, -0.2) is 22.9 Å². The summed E-state index contributed by atoms with van der Waals surface area (Å²) in [7, 11) is 0. The van der Waals surface area contributed by atoms with Gasteiger partial charge in [0.2, 0.25) is 0 Å². The Balaban J connectivity index is 2.19. The maximum absolute atomic E-state index is 12.3. The fourth-order valence-electron chi connectivity index (χ4n) is 2.52. The quantitative estimate of drug-likeness (QED) is 0.746. The summed E-state index contributed by atoms with van der Waals surface area (Å²) >= 11 is 0. The van der Waals surface area contributed by atoms with Crippen molar-refractivity contribution in [3.05, 3.63) is 60.2 Å². The summed E-state index contributed by atoms with van der Waals surface area (Å²) < 4.78 is 5.65. The van der Waals surface area contributed by atoms with E-state index in [1.165, 1.54) is 0 Å². The van der Waals surface area contributed by atoms with Crippen molar-refractivity contribution >= 4 is 11.8 Å². The van der Waals surface area contributed by atoms with Gasteiger partial charge in [0.15, 0.2) is 0 Å². The molecule has 1 amide bonds. The van der Waals surface area contributed by atoms with E-state index < -0.39 is 17.6 Å². The fraction of sp³-hybridized carbons (Fsp3) is 0.316. The lowest BCUT2D eigenvalue weighted by molar-refractivity contribution is 0.0152. The molecule has 0 fully saturated rings. The van der Waals surface area contributed by atoms with E-state index in [2.05, 4.69) is 5.32 Å². The van der Waals surface area contributed by atoms with Crippen LogP contribution in [0.15, 0.2) is 54.6 Å². The third kappa shape index (κ3) is 4.73. The van der Waals surface area contributed by atoms with Crippen molar-refractivity contribution in [2.75, 3.05) is 11.9 Å². The van der Waals surface area contributed by atoms with Crippen molar-refractivity contribution in [2.45, 2.75) is 26.4 Å². The molecular formula is C19H23NO4. The monoisotopic (exact) mass is 329 g/mol. The highest BCUT2D eigenvalue weighted by atomic mass is 16.6. The van der Waals surface area contributed by atoms with Crippen molar-refractivity contribution < 1.29 is 19.7 Å². The van der Waals surface area contributed by atoms with Gasteiger partial charge in [-0.3, -0.25) is 5.32 Å². The maximum Gasteiger partial charge on any atom is 0.412 e. The molecule has 0 spiro atoms. The highest BCUT2D eigenvalue weighted by molar-refractivity contribution is 5.84. The smallest absolute Gasteiger partial charge is 0.412 e. The number of phenolic OH excluding ortho intramolecular Hbond substituents is 1. The van der Waals surface area contributed by atoms with E-state index in [1.807, 2.05) is 32.0 Å². The van der Waals surface area contributed by atoms with Crippen molar-refractivity contribution in [3.8, 4) is 5.75 Å². The molecule has 0 unspecified atom stereocenters. The van der Waals surface area contributed by atoms with Gasteiger partial charge in [-0.2, -0.15) is 0 Å². The molecule has 0 saturated heterocycles. The highest BCUT2D eigenvalue weighted by Gasteiger charge is 2.34. The zero-order chi connectivity index (χ0) is 17.6. The van der Waals surface area contributed by atoms with Crippen LogP contribution in [0.25, 0.3) is 0 Å². The lowest BCUT2D eigenvalue weighted by atomic mass is 9.80. The van der Waals surface area contributed by atoms with Gasteiger partial charge >= 0.3 is 6.09 Å². The topological polar surface area (TPSA) is 78.8 Å². The molecule has 0 aromatic heterocycles. The number of aliphatic hydroxyl groups is 1. The highest BCUT2D eigenvalue weighted by Crippen LogP contribution is 2.39. The summed E-state index contributed by atoms with van der Waals surface area (Å²) in [5.41, 5.74) is 0.932. The average molecular weight is 329 g/mol. The molecule has 0 saturated carbocycles. The van der Waals surface area contributed by atoms with Crippen LogP contribution in [-0.2, 0) is 4.74 Å². The van der Waals surface area contributed by atoms with Gasteiger partial charge in [-0.1, -0.05) is 44.2 Å². The van der Waals surface area contributed by atoms with Crippen LogP contribution in [0.2, 0.25) is 0 Å². The van der Waals surface area contributed by atoms with E-state index in [0.717, 1.165) is 5.56 Å². The van der Waals surface area contributed by atoms with Gasteiger partial charge in [-0.25, -0.2) is 4.79 Å². The molecule has 0 aliphatic rings. The number of amides is 1. The molecule has 128 valence electrons. The number of carbonyl (C=O) groups excluding carboxylic acids is 1. The van der Waals surface area contributed by atoms with Crippen LogP contribution in [0.4, 0.5) is 10.5 Å². The lowest BCUT2D eigenvalue weighted by Crippen LogP contribution is -2.29. The molecule has 0 bridgehead atoms. The summed E-state index contributed by atoms with van der Waals surface area (Å²) in [6, 6.07) is 15.6. The predicted molar refractivity (Wildman–Crippen MR) is 92.9 cm³/mol. The average Bonchev–Trinajstić information content (AvgIpc) is 2.54. The number of aliphatic hydroxyl groups excluding tert-OH is 1. The number of hydrogen-bond acceptors (Lipinski definition) is 4. The second-order valence-corrected chi connectivity index (χ2v) is 6.33. The first-order valence-corrected chi connectivity index (χ1v) is 7.85. The Kier molecular flexibility index (Phi) is 5.82. The minimum Gasteiger partial charge on any atom is -0.508 e. The Labute approximate surface area is 141 Å². The Morgan fingerprint density at radius 3 is 2.33 bits per heavy atom. The Hall–Kier alpha value is -2.53. The molecule has 1 atom stereocenters. The van der Waals surface area contributed by atoms with Crippen molar-refractivity contribution in [2.24, 2.45) is 5.41 Å². The second kappa shape index (κ2) is 7.84.